The minimum atomic E-state index is -0.484. The van der Waals surface area contributed by atoms with E-state index in [-0.39, 0.29) is 16.5 Å². The van der Waals surface area contributed by atoms with Crippen molar-refractivity contribution in [2.24, 2.45) is 0 Å². The van der Waals surface area contributed by atoms with Gasteiger partial charge >= 0.3 is 0 Å². The van der Waals surface area contributed by atoms with Gasteiger partial charge in [0.1, 0.15) is 11.8 Å². The van der Waals surface area contributed by atoms with Gasteiger partial charge in [-0.15, -0.1) is 6.58 Å². The normalized spacial score (nSPS) is 15.9. The van der Waals surface area contributed by atoms with E-state index in [0.717, 1.165) is 0 Å². The van der Waals surface area contributed by atoms with Crippen molar-refractivity contribution >= 4 is 17.3 Å². The maximum atomic E-state index is 12.4. The van der Waals surface area contributed by atoms with E-state index >= 15 is 0 Å². The van der Waals surface area contributed by atoms with Gasteiger partial charge in [0.2, 0.25) is 0 Å². The van der Waals surface area contributed by atoms with Crippen LogP contribution in [0.3, 0.4) is 0 Å². The number of para-hydroxylation sites is 2. The largest absolute Gasteiger partial charge is 0.368 e. The minimum Gasteiger partial charge on any atom is -0.368 e. The zero-order valence-corrected chi connectivity index (χ0v) is 13.9. The van der Waals surface area contributed by atoms with Crippen molar-refractivity contribution in [3.8, 4) is 0 Å². The zero-order valence-electron chi connectivity index (χ0n) is 13.9. The molecule has 1 aromatic carbocycles. The number of ether oxygens (including phenoxy) is 1. The van der Waals surface area contributed by atoms with Crippen LogP contribution >= 0.6 is 0 Å². The average molecular weight is 333 g/mol. The highest BCUT2D eigenvalue weighted by Gasteiger charge is 2.27. The molecule has 7 heteroatoms. The van der Waals surface area contributed by atoms with Gasteiger partial charge in [0.05, 0.1) is 11.5 Å². The summed E-state index contributed by atoms with van der Waals surface area (Å²) in [5.74, 6) is -0.0405. The van der Waals surface area contributed by atoms with Gasteiger partial charge < -0.3 is 14.5 Å². The first-order chi connectivity index (χ1) is 11.5. The molecule has 130 valence electrons. The first-order valence-corrected chi connectivity index (χ1v) is 8.04. The Morgan fingerprint density at radius 1 is 1.38 bits per heavy atom. The van der Waals surface area contributed by atoms with Crippen LogP contribution in [0.2, 0.25) is 0 Å². The van der Waals surface area contributed by atoms with Gasteiger partial charge in [0, 0.05) is 32.2 Å². The molecule has 1 fully saturated rings. The highest BCUT2D eigenvalue weighted by molar-refractivity contribution is 5.81. The molecule has 0 saturated carbocycles. The van der Waals surface area contributed by atoms with Crippen molar-refractivity contribution in [2.75, 3.05) is 37.7 Å². The summed E-state index contributed by atoms with van der Waals surface area (Å²) in [5, 5.41) is 11.1. The summed E-state index contributed by atoms with van der Waals surface area (Å²) < 4.78 is 5.49. The SMILES string of the molecule is C=CCCOC(C)C(=O)N1CCN(c2ccccc2[N+](=O)[O-])CC1. The summed E-state index contributed by atoms with van der Waals surface area (Å²) >= 11 is 0. The second-order valence-corrected chi connectivity index (χ2v) is 5.65. The molecule has 0 radical (unpaired) electrons. The standard InChI is InChI=1S/C17H23N3O4/c1-3-4-13-24-14(2)17(21)19-11-9-18(10-12-19)15-7-5-6-8-16(15)20(22)23/h3,5-8,14H,1,4,9-13H2,2H3. The first kappa shape index (κ1) is 17.9. The monoisotopic (exact) mass is 333 g/mol. The summed E-state index contributed by atoms with van der Waals surface area (Å²) in [7, 11) is 0. The van der Waals surface area contributed by atoms with Crippen LogP contribution in [-0.2, 0) is 9.53 Å². The molecular weight excluding hydrogens is 310 g/mol. The molecule has 1 aromatic rings. The highest BCUT2D eigenvalue weighted by Crippen LogP contribution is 2.28. The lowest BCUT2D eigenvalue weighted by Crippen LogP contribution is -2.51. The number of carbonyl (C=O) groups is 1. The topological polar surface area (TPSA) is 75.9 Å². The van der Waals surface area contributed by atoms with Crippen LogP contribution in [0.25, 0.3) is 0 Å². The predicted octanol–water partition coefficient (Wildman–Crippen LogP) is 2.22. The number of nitrogens with zero attached hydrogens (tertiary/aromatic N) is 3. The Bertz CT molecular complexity index is 597. The van der Waals surface area contributed by atoms with Crippen molar-refractivity contribution < 1.29 is 14.5 Å². The quantitative estimate of drug-likeness (QED) is 0.331. The summed E-state index contributed by atoms with van der Waals surface area (Å²) in [6.45, 7) is 8.04. The Labute approximate surface area is 141 Å². The third-order valence-corrected chi connectivity index (χ3v) is 4.05. The fourth-order valence-corrected chi connectivity index (χ4v) is 2.71. The van der Waals surface area contributed by atoms with Crippen LogP contribution in [0.5, 0.6) is 0 Å². The Morgan fingerprint density at radius 2 is 2.04 bits per heavy atom. The second kappa shape index (κ2) is 8.44. The van der Waals surface area contributed by atoms with Gasteiger partial charge in [-0.1, -0.05) is 18.2 Å². The molecule has 1 atom stereocenters. The fraction of sp³-hybridized carbons (Fsp3) is 0.471. The van der Waals surface area contributed by atoms with E-state index in [0.29, 0.717) is 44.9 Å². The van der Waals surface area contributed by atoms with Gasteiger partial charge in [-0.3, -0.25) is 14.9 Å². The molecule has 0 aliphatic carbocycles. The maximum absolute atomic E-state index is 12.4. The number of hydrogen-bond donors (Lipinski definition) is 0. The van der Waals surface area contributed by atoms with E-state index in [4.69, 9.17) is 4.74 Å². The molecule has 7 nitrogen and oxygen atoms in total. The molecule has 1 aliphatic rings. The number of rotatable bonds is 7. The summed E-state index contributed by atoms with van der Waals surface area (Å²) in [4.78, 5) is 26.8. The van der Waals surface area contributed by atoms with Gasteiger partial charge in [-0.05, 0) is 19.4 Å². The Kier molecular flexibility index (Phi) is 6.31. The number of anilines is 1. The average Bonchev–Trinajstić information content (AvgIpc) is 2.61. The van der Waals surface area contributed by atoms with E-state index in [1.54, 1.807) is 36.1 Å². The number of nitro groups is 1. The Morgan fingerprint density at radius 3 is 2.67 bits per heavy atom. The van der Waals surface area contributed by atoms with E-state index < -0.39 is 6.10 Å². The van der Waals surface area contributed by atoms with Crippen LogP contribution in [0.15, 0.2) is 36.9 Å². The molecule has 0 aromatic heterocycles. The molecule has 24 heavy (non-hydrogen) atoms. The lowest BCUT2D eigenvalue weighted by Gasteiger charge is -2.36. The van der Waals surface area contributed by atoms with E-state index in [1.807, 2.05) is 4.90 Å². The fourth-order valence-electron chi connectivity index (χ4n) is 2.71. The van der Waals surface area contributed by atoms with Gasteiger partial charge in [-0.2, -0.15) is 0 Å². The molecule has 1 heterocycles. The van der Waals surface area contributed by atoms with Crippen LogP contribution in [-0.4, -0.2) is 54.6 Å². The summed E-state index contributed by atoms with van der Waals surface area (Å²) in [6.07, 6.45) is 1.98. The van der Waals surface area contributed by atoms with Crippen molar-refractivity contribution in [3.63, 3.8) is 0 Å². The molecule has 1 saturated heterocycles. The number of benzene rings is 1. The number of hydrogen-bond acceptors (Lipinski definition) is 5. The number of carbonyl (C=O) groups excluding carboxylic acids is 1. The highest BCUT2D eigenvalue weighted by atomic mass is 16.6. The molecule has 1 amide bonds. The third-order valence-electron chi connectivity index (χ3n) is 4.05. The number of piperazine rings is 1. The van der Waals surface area contributed by atoms with Crippen molar-refractivity contribution in [1.82, 2.24) is 4.90 Å². The zero-order chi connectivity index (χ0) is 17.5. The number of nitro benzene ring substituents is 1. The van der Waals surface area contributed by atoms with Crippen molar-refractivity contribution in [1.29, 1.82) is 0 Å². The molecule has 1 aliphatic heterocycles. The van der Waals surface area contributed by atoms with Gasteiger partial charge in [0.15, 0.2) is 0 Å². The van der Waals surface area contributed by atoms with Gasteiger partial charge in [0.25, 0.3) is 11.6 Å². The maximum Gasteiger partial charge on any atom is 0.292 e. The van der Waals surface area contributed by atoms with Gasteiger partial charge in [-0.25, -0.2) is 0 Å². The van der Waals surface area contributed by atoms with E-state index in [9.17, 15) is 14.9 Å². The Hall–Kier alpha value is -2.41. The summed E-state index contributed by atoms with van der Waals surface area (Å²) in [5.41, 5.74) is 0.697. The van der Waals surface area contributed by atoms with Crippen LogP contribution in [0.4, 0.5) is 11.4 Å². The molecule has 0 bridgehead atoms. The molecular formula is C17H23N3O4. The van der Waals surface area contributed by atoms with E-state index in [2.05, 4.69) is 6.58 Å². The van der Waals surface area contributed by atoms with E-state index in [1.165, 1.54) is 6.07 Å². The Balaban J connectivity index is 1.93. The van der Waals surface area contributed by atoms with Crippen molar-refractivity contribution in [2.45, 2.75) is 19.4 Å². The minimum absolute atomic E-state index is 0.0405. The molecule has 0 N–H and O–H groups in total. The predicted molar refractivity (Wildman–Crippen MR) is 92.1 cm³/mol. The van der Waals surface area contributed by atoms with Crippen LogP contribution in [0.1, 0.15) is 13.3 Å². The summed E-state index contributed by atoms with van der Waals surface area (Å²) in [6, 6.07) is 6.69. The molecule has 0 spiro atoms. The van der Waals surface area contributed by atoms with Crippen molar-refractivity contribution in [3.05, 3.63) is 47.0 Å². The third kappa shape index (κ3) is 4.32. The number of amides is 1. The van der Waals surface area contributed by atoms with Crippen LogP contribution in [0, 0.1) is 10.1 Å². The van der Waals surface area contributed by atoms with Crippen LogP contribution < -0.4 is 4.90 Å². The molecule has 1 unspecified atom stereocenters. The lowest BCUT2D eigenvalue weighted by atomic mass is 10.2. The lowest BCUT2D eigenvalue weighted by molar-refractivity contribution is -0.384. The molecule has 2 rings (SSSR count). The second-order valence-electron chi connectivity index (χ2n) is 5.65. The first-order valence-electron chi connectivity index (χ1n) is 8.04. The smallest absolute Gasteiger partial charge is 0.292 e.